The van der Waals surface area contributed by atoms with Gasteiger partial charge in [0.2, 0.25) is 0 Å². The van der Waals surface area contributed by atoms with Crippen LogP contribution in [0.15, 0.2) is 115 Å². The largest absolute Gasteiger partial charge is 0.337 e. The van der Waals surface area contributed by atoms with E-state index in [1.807, 2.05) is 78.9 Å². The highest BCUT2D eigenvalue weighted by molar-refractivity contribution is 5.81. The zero-order valence-corrected chi connectivity index (χ0v) is 16.9. The van der Waals surface area contributed by atoms with Crippen molar-refractivity contribution in [2.75, 3.05) is 0 Å². The Balaban J connectivity index is 1.57. The third-order valence-electron chi connectivity index (χ3n) is 5.07. The number of H-pyrrole nitrogens is 1. The fourth-order valence-corrected chi connectivity index (χ4v) is 3.54. The minimum Gasteiger partial charge on any atom is -0.337 e. The van der Waals surface area contributed by atoms with Gasteiger partial charge in [0.05, 0.1) is 11.4 Å². The number of aromatic amines is 1. The van der Waals surface area contributed by atoms with Crippen LogP contribution in [0.5, 0.6) is 0 Å². The predicted octanol–water partition coefficient (Wildman–Crippen LogP) is 6.81. The van der Waals surface area contributed by atoms with Gasteiger partial charge >= 0.3 is 0 Å². The Bertz CT molecular complexity index is 1300. The SMILES string of the molecule is C(#Cc1cccc(-c2nc(-c3ccccc3)c(-c3ccccc3)[nH]2)c1)c1ccccc1. The summed E-state index contributed by atoms with van der Waals surface area (Å²) in [6.07, 6.45) is 0. The molecule has 2 nitrogen and oxygen atoms in total. The van der Waals surface area contributed by atoms with E-state index < -0.39 is 0 Å². The molecule has 0 aliphatic carbocycles. The van der Waals surface area contributed by atoms with Crippen molar-refractivity contribution in [3.8, 4) is 45.7 Å². The molecule has 2 heteroatoms. The van der Waals surface area contributed by atoms with E-state index in [4.69, 9.17) is 4.98 Å². The van der Waals surface area contributed by atoms with E-state index in [2.05, 4.69) is 53.2 Å². The topological polar surface area (TPSA) is 28.7 Å². The molecule has 1 aromatic heterocycles. The third-order valence-corrected chi connectivity index (χ3v) is 5.07. The summed E-state index contributed by atoms with van der Waals surface area (Å²) >= 11 is 0. The van der Waals surface area contributed by atoms with Gasteiger partial charge in [0.25, 0.3) is 0 Å². The Hall–Kier alpha value is -4.35. The summed E-state index contributed by atoms with van der Waals surface area (Å²) in [7, 11) is 0. The van der Waals surface area contributed by atoms with Gasteiger partial charge in [-0.3, -0.25) is 0 Å². The average molecular weight is 396 g/mol. The molecule has 0 fully saturated rings. The number of nitrogens with zero attached hydrogens (tertiary/aromatic N) is 1. The van der Waals surface area contributed by atoms with Gasteiger partial charge < -0.3 is 4.98 Å². The van der Waals surface area contributed by atoms with Crippen molar-refractivity contribution in [2.24, 2.45) is 0 Å². The Morgan fingerprint density at radius 3 is 1.77 bits per heavy atom. The number of nitrogens with one attached hydrogen (secondary N) is 1. The lowest BCUT2D eigenvalue weighted by Crippen LogP contribution is -1.83. The van der Waals surface area contributed by atoms with Gasteiger partial charge in [0, 0.05) is 27.8 Å². The van der Waals surface area contributed by atoms with Crippen LogP contribution < -0.4 is 0 Å². The second kappa shape index (κ2) is 8.57. The van der Waals surface area contributed by atoms with Crippen LogP contribution in [0.4, 0.5) is 0 Å². The normalized spacial score (nSPS) is 10.3. The first-order chi connectivity index (χ1) is 15.4. The number of hydrogen-bond acceptors (Lipinski definition) is 1. The van der Waals surface area contributed by atoms with Crippen molar-refractivity contribution in [3.63, 3.8) is 0 Å². The van der Waals surface area contributed by atoms with Gasteiger partial charge in [-0.1, -0.05) is 103 Å². The molecule has 0 aliphatic rings. The van der Waals surface area contributed by atoms with Gasteiger partial charge in [0.15, 0.2) is 0 Å². The highest BCUT2D eigenvalue weighted by Gasteiger charge is 2.15. The molecule has 4 aromatic carbocycles. The molecule has 0 atom stereocenters. The zero-order chi connectivity index (χ0) is 20.9. The van der Waals surface area contributed by atoms with Gasteiger partial charge in [-0.25, -0.2) is 4.98 Å². The maximum atomic E-state index is 4.98. The van der Waals surface area contributed by atoms with Crippen LogP contribution in [0.25, 0.3) is 33.9 Å². The van der Waals surface area contributed by atoms with E-state index in [0.717, 1.165) is 45.0 Å². The fourth-order valence-electron chi connectivity index (χ4n) is 3.54. The zero-order valence-electron chi connectivity index (χ0n) is 16.9. The van der Waals surface area contributed by atoms with Crippen molar-refractivity contribution in [1.29, 1.82) is 0 Å². The van der Waals surface area contributed by atoms with E-state index in [1.165, 1.54) is 0 Å². The summed E-state index contributed by atoms with van der Waals surface area (Å²) < 4.78 is 0. The molecule has 0 saturated carbocycles. The van der Waals surface area contributed by atoms with Crippen molar-refractivity contribution < 1.29 is 0 Å². The standard InChI is InChI=1S/C29H20N2/c1-4-11-22(12-5-1)19-20-23-13-10-18-26(21-23)29-30-27(24-14-6-2-7-15-24)28(31-29)25-16-8-3-9-17-25/h1-18,21H,(H,30,31). The van der Waals surface area contributed by atoms with Gasteiger partial charge in [-0.2, -0.15) is 0 Å². The highest BCUT2D eigenvalue weighted by atomic mass is 14.9. The van der Waals surface area contributed by atoms with Crippen LogP contribution in [0.1, 0.15) is 11.1 Å². The maximum absolute atomic E-state index is 4.98. The molecule has 1 N–H and O–H groups in total. The Kier molecular flexibility index (Phi) is 5.16. The summed E-state index contributed by atoms with van der Waals surface area (Å²) in [5.41, 5.74) is 7.14. The van der Waals surface area contributed by atoms with Crippen LogP contribution in [-0.2, 0) is 0 Å². The van der Waals surface area contributed by atoms with Crippen LogP contribution >= 0.6 is 0 Å². The maximum Gasteiger partial charge on any atom is 0.138 e. The molecule has 146 valence electrons. The van der Waals surface area contributed by atoms with Crippen LogP contribution in [0, 0.1) is 11.8 Å². The second-order valence-electron chi connectivity index (χ2n) is 7.24. The highest BCUT2D eigenvalue weighted by Crippen LogP contribution is 2.33. The predicted molar refractivity (Wildman–Crippen MR) is 127 cm³/mol. The Labute approximate surface area is 182 Å². The lowest BCUT2D eigenvalue weighted by Gasteiger charge is -2.02. The first-order valence-electron chi connectivity index (χ1n) is 10.3. The van der Waals surface area contributed by atoms with Gasteiger partial charge in [-0.05, 0) is 24.3 Å². The Morgan fingerprint density at radius 2 is 1.06 bits per heavy atom. The summed E-state index contributed by atoms with van der Waals surface area (Å²) in [5, 5.41) is 0. The molecule has 0 bridgehead atoms. The minimum absolute atomic E-state index is 0.834. The summed E-state index contributed by atoms with van der Waals surface area (Å²) in [6, 6.07) is 38.8. The van der Waals surface area contributed by atoms with Crippen molar-refractivity contribution in [1.82, 2.24) is 9.97 Å². The summed E-state index contributed by atoms with van der Waals surface area (Å²) in [4.78, 5) is 8.54. The summed E-state index contributed by atoms with van der Waals surface area (Å²) in [5.74, 6) is 7.33. The van der Waals surface area contributed by atoms with E-state index in [1.54, 1.807) is 0 Å². The quantitative estimate of drug-likeness (QED) is 0.333. The number of imidazole rings is 1. The smallest absolute Gasteiger partial charge is 0.138 e. The molecule has 31 heavy (non-hydrogen) atoms. The number of benzene rings is 4. The van der Waals surface area contributed by atoms with Crippen molar-refractivity contribution in [3.05, 3.63) is 126 Å². The van der Waals surface area contributed by atoms with Crippen LogP contribution in [-0.4, -0.2) is 9.97 Å². The van der Waals surface area contributed by atoms with Crippen LogP contribution in [0.3, 0.4) is 0 Å². The molecule has 0 spiro atoms. The van der Waals surface area contributed by atoms with Gasteiger partial charge in [-0.15, -0.1) is 0 Å². The first-order valence-corrected chi connectivity index (χ1v) is 10.3. The molecule has 0 aliphatic heterocycles. The van der Waals surface area contributed by atoms with Crippen molar-refractivity contribution in [2.45, 2.75) is 0 Å². The monoisotopic (exact) mass is 396 g/mol. The molecule has 0 saturated heterocycles. The second-order valence-corrected chi connectivity index (χ2v) is 7.24. The number of aromatic nitrogens is 2. The molecule has 1 heterocycles. The molecule has 0 amide bonds. The molecular weight excluding hydrogens is 376 g/mol. The third kappa shape index (κ3) is 4.17. The molecule has 5 rings (SSSR count). The molecule has 5 aromatic rings. The van der Waals surface area contributed by atoms with E-state index >= 15 is 0 Å². The minimum atomic E-state index is 0.834. The molecule has 0 radical (unpaired) electrons. The Morgan fingerprint density at radius 1 is 0.516 bits per heavy atom. The lowest BCUT2D eigenvalue weighted by atomic mass is 10.1. The lowest BCUT2D eigenvalue weighted by molar-refractivity contribution is 1.31. The van der Waals surface area contributed by atoms with E-state index in [0.29, 0.717) is 0 Å². The molecule has 0 unspecified atom stereocenters. The number of rotatable bonds is 3. The number of hydrogen-bond donors (Lipinski definition) is 1. The first kappa shape index (κ1) is 18.7. The van der Waals surface area contributed by atoms with Crippen LogP contribution in [0.2, 0.25) is 0 Å². The molecular formula is C29H20N2. The summed E-state index contributed by atoms with van der Waals surface area (Å²) in [6.45, 7) is 0. The average Bonchev–Trinajstić information content (AvgIpc) is 3.30. The van der Waals surface area contributed by atoms with Gasteiger partial charge in [0.1, 0.15) is 5.82 Å². The fraction of sp³-hybridized carbons (Fsp3) is 0. The van der Waals surface area contributed by atoms with E-state index in [9.17, 15) is 0 Å². The van der Waals surface area contributed by atoms with Crippen molar-refractivity contribution >= 4 is 0 Å². The van der Waals surface area contributed by atoms with E-state index in [-0.39, 0.29) is 0 Å².